The Labute approximate surface area is 76.4 Å². The molecular weight excluding hydrogens is 228 g/mol. The average Bonchev–Trinajstić information content (AvgIpc) is 2.03. The second-order valence-electron chi connectivity index (χ2n) is 2.02. The van der Waals surface area contributed by atoms with Gasteiger partial charge in [-0.1, -0.05) is 15.9 Å². The minimum absolute atomic E-state index is 0.0650. The molecule has 6 heteroatoms. The Bertz CT molecular complexity index is 316. The molecule has 0 fully saturated rings. The summed E-state index contributed by atoms with van der Waals surface area (Å²) in [5, 5.41) is 10.3. The number of hydrogen-bond donors (Lipinski definition) is 1. The fraction of sp³-hybridized carbons (Fsp3) is 0. The molecule has 0 spiro atoms. The Morgan fingerprint density at radius 2 is 2.17 bits per heavy atom. The fourth-order valence-electron chi connectivity index (χ4n) is 0.721. The highest BCUT2D eigenvalue weighted by atomic mass is 79.9. The minimum atomic E-state index is -0.521. The largest absolute Gasteiger partial charge is 0.411 e. The van der Waals surface area contributed by atoms with Crippen LogP contribution in [0.4, 0.5) is 5.69 Å². The van der Waals surface area contributed by atoms with Crippen LogP contribution in [0.3, 0.4) is 0 Å². The van der Waals surface area contributed by atoms with E-state index in [2.05, 4.69) is 20.8 Å². The number of halogens is 1. The number of nitro groups is 1. The van der Waals surface area contributed by atoms with Crippen molar-refractivity contribution in [2.75, 3.05) is 0 Å². The van der Waals surface area contributed by atoms with Crippen LogP contribution < -0.4 is 10.7 Å². The molecule has 0 aliphatic rings. The molecule has 0 heterocycles. The van der Waals surface area contributed by atoms with Crippen LogP contribution in [0.5, 0.6) is 5.75 Å². The van der Waals surface area contributed by atoms with Gasteiger partial charge in [0, 0.05) is 10.5 Å². The number of non-ortho nitro benzene ring substituents is 1. The van der Waals surface area contributed by atoms with E-state index >= 15 is 0 Å². The molecule has 0 atom stereocenters. The van der Waals surface area contributed by atoms with E-state index in [4.69, 9.17) is 5.90 Å². The molecule has 0 bridgehead atoms. The summed E-state index contributed by atoms with van der Waals surface area (Å²) >= 11 is 3.08. The van der Waals surface area contributed by atoms with Gasteiger partial charge in [-0.15, -0.1) is 0 Å². The van der Waals surface area contributed by atoms with E-state index in [9.17, 15) is 10.1 Å². The molecule has 2 N–H and O–H groups in total. The molecule has 0 aliphatic carbocycles. The maximum absolute atomic E-state index is 10.3. The lowest BCUT2D eigenvalue weighted by Crippen LogP contribution is -2.02. The molecule has 0 aliphatic heterocycles. The summed E-state index contributed by atoms with van der Waals surface area (Å²) < 4.78 is 0.553. The van der Waals surface area contributed by atoms with Crippen LogP contribution in [0.25, 0.3) is 0 Å². The Hall–Kier alpha value is -1.14. The van der Waals surface area contributed by atoms with E-state index in [0.29, 0.717) is 4.47 Å². The first-order chi connectivity index (χ1) is 5.63. The van der Waals surface area contributed by atoms with Crippen LogP contribution >= 0.6 is 15.9 Å². The Morgan fingerprint density at radius 1 is 1.50 bits per heavy atom. The standard InChI is InChI=1S/C6H5BrN2O3/c7-4-1-5(9(10)11)3-6(2-4)12-8/h1-3H,8H2. The van der Waals surface area contributed by atoms with Gasteiger partial charge >= 0.3 is 0 Å². The van der Waals surface area contributed by atoms with Crippen molar-refractivity contribution in [3.8, 4) is 5.75 Å². The highest BCUT2D eigenvalue weighted by molar-refractivity contribution is 9.10. The highest BCUT2D eigenvalue weighted by Gasteiger charge is 2.08. The lowest BCUT2D eigenvalue weighted by atomic mass is 10.3. The molecular formula is C6H5BrN2O3. The van der Waals surface area contributed by atoms with Crippen molar-refractivity contribution in [3.63, 3.8) is 0 Å². The Morgan fingerprint density at radius 3 is 2.67 bits per heavy atom. The number of nitro benzene ring substituents is 1. The third kappa shape index (κ3) is 1.93. The van der Waals surface area contributed by atoms with Crippen molar-refractivity contribution in [2.45, 2.75) is 0 Å². The molecule has 1 aromatic carbocycles. The molecule has 0 saturated carbocycles. The van der Waals surface area contributed by atoms with E-state index in [1.807, 2.05) is 0 Å². The van der Waals surface area contributed by atoms with Gasteiger partial charge in [-0.05, 0) is 6.07 Å². The first kappa shape index (κ1) is 8.95. The van der Waals surface area contributed by atoms with E-state index < -0.39 is 4.92 Å². The van der Waals surface area contributed by atoms with Crippen LogP contribution in [0.15, 0.2) is 22.7 Å². The summed E-state index contributed by atoms with van der Waals surface area (Å²) in [6.07, 6.45) is 0. The molecule has 64 valence electrons. The zero-order valence-electron chi connectivity index (χ0n) is 5.86. The molecule has 12 heavy (non-hydrogen) atoms. The van der Waals surface area contributed by atoms with Gasteiger partial charge in [0.15, 0.2) is 5.75 Å². The first-order valence-electron chi connectivity index (χ1n) is 2.95. The average molecular weight is 233 g/mol. The van der Waals surface area contributed by atoms with Crippen molar-refractivity contribution in [1.82, 2.24) is 0 Å². The van der Waals surface area contributed by atoms with E-state index in [0.717, 1.165) is 0 Å². The molecule has 0 radical (unpaired) electrons. The zero-order chi connectivity index (χ0) is 9.14. The SMILES string of the molecule is NOc1cc(Br)cc([N+](=O)[O-])c1. The van der Waals surface area contributed by atoms with Crippen molar-refractivity contribution in [3.05, 3.63) is 32.8 Å². The number of nitrogens with two attached hydrogens (primary N) is 1. The molecule has 5 nitrogen and oxygen atoms in total. The topological polar surface area (TPSA) is 78.4 Å². The molecule has 0 unspecified atom stereocenters. The Kier molecular flexibility index (Phi) is 2.61. The summed E-state index contributed by atoms with van der Waals surface area (Å²) in [5.74, 6) is 5.09. The summed E-state index contributed by atoms with van der Waals surface area (Å²) in [7, 11) is 0. The van der Waals surface area contributed by atoms with Gasteiger partial charge in [0.1, 0.15) is 0 Å². The van der Waals surface area contributed by atoms with E-state index in [1.54, 1.807) is 0 Å². The van der Waals surface area contributed by atoms with Crippen LogP contribution in [0.2, 0.25) is 0 Å². The van der Waals surface area contributed by atoms with Crippen molar-refractivity contribution >= 4 is 21.6 Å². The quantitative estimate of drug-likeness (QED) is 0.621. The van der Waals surface area contributed by atoms with Gasteiger partial charge in [0.05, 0.1) is 11.0 Å². The summed E-state index contributed by atoms with van der Waals surface area (Å²) in [6, 6.07) is 4.14. The number of nitrogens with zero attached hydrogens (tertiary/aromatic N) is 1. The molecule has 0 amide bonds. The predicted octanol–water partition coefficient (Wildman–Crippen LogP) is 1.61. The molecule has 0 saturated heterocycles. The van der Waals surface area contributed by atoms with Crippen LogP contribution in [0.1, 0.15) is 0 Å². The van der Waals surface area contributed by atoms with Crippen molar-refractivity contribution in [1.29, 1.82) is 0 Å². The smallest absolute Gasteiger partial charge is 0.274 e. The fourth-order valence-corrected chi connectivity index (χ4v) is 1.18. The third-order valence-electron chi connectivity index (χ3n) is 1.20. The number of benzene rings is 1. The maximum Gasteiger partial charge on any atom is 0.274 e. The Balaban J connectivity index is 3.15. The first-order valence-corrected chi connectivity index (χ1v) is 3.74. The summed E-state index contributed by atoms with van der Waals surface area (Å²) in [5.41, 5.74) is -0.0650. The van der Waals surface area contributed by atoms with E-state index in [-0.39, 0.29) is 11.4 Å². The van der Waals surface area contributed by atoms with Gasteiger partial charge < -0.3 is 4.84 Å². The minimum Gasteiger partial charge on any atom is -0.411 e. The second kappa shape index (κ2) is 3.51. The maximum atomic E-state index is 10.3. The molecule has 0 aromatic heterocycles. The number of hydrogen-bond acceptors (Lipinski definition) is 4. The normalized spacial score (nSPS) is 9.50. The van der Waals surface area contributed by atoms with Gasteiger partial charge in [-0.3, -0.25) is 10.1 Å². The third-order valence-corrected chi connectivity index (χ3v) is 1.66. The number of rotatable bonds is 2. The molecule has 1 aromatic rings. The second-order valence-corrected chi connectivity index (χ2v) is 2.94. The lowest BCUT2D eigenvalue weighted by molar-refractivity contribution is -0.385. The predicted molar refractivity (Wildman–Crippen MR) is 45.6 cm³/mol. The monoisotopic (exact) mass is 232 g/mol. The van der Waals surface area contributed by atoms with E-state index in [1.165, 1.54) is 18.2 Å². The van der Waals surface area contributed by atoms with Crippen LogP contribution in [-0.2, 0) is 0 Å². The van der Waals surface area contributed by atoms with Gasteiger partial charge in [-0.25, -0.2) is 0 Å². The lowest BCUT2D eigenvalue weighted by Gasteiger charge is -1.98. The van der Waals surface area contributed by atoms with Crippen molar-refractivity contribution in [2.24, 2.45) is 5.90 Å². The van der Waals surface area contributed by atoms with Crippen molar-refractivity contribution < 1.29 is 9.76 Å². The summed E-state index contributed by atoms with van der Waals surface area (Å²) in [6.45, 7) is 0. The van der Waals surface area contributed by atoms with Gasteiger partial charge in [-0.2, -0.15) is 5.90 Å². The van der Waals surface area contributed by atoms with Crippen LogP contribution in [-0.4, -0.2) is 4.92 Å². The molecule has 1 rings (SSSR count). The van der Waals surface area contributed by atoms with Gasteiger partial charge in [0.25, 0.3) is 5.69 Å². The zero-order valence-corrected chi connectivity index (χ0v) is 7.45. The van der Waals surface area contributed by atoms with Gasteiger partial charge in [0.2, 0.25) is 0 Å². The summed E-state index contributed by atoms with van der Waals surface area (Å²) in [4.78, 5) is 14.1. The highest BCUT2D eigenvalue weighted by Crippen LogP contribution is 2.25. The van der Waals surface area contributed by atoms with Crippen LogP contribution in [0, 0.1) is 10.1 Å².